The van der Waals surface area contributed by atoms with Crippen LogP contribution >= 0.6 is 0 Å². The van der Waals surface area contributed by atoms with Crippen LogP contribution in [0.25, 0.3) is 11.1 Å². The van der Waals surface area contributed by atoms with E-state index in [9.17, 15) is 4.79 Å². The van der Waals surface area contributed by atoms with E-state index in [1.54, 1.807) is 7.11 Å². The van der Waals surface area contributed by atoms with Crippen LogP contribution in [-0.4, -0.2) is 55.1 Å². The highest BCUT2D eigenvalue weighted by molar-refractivity contribution is 5.79. The monoisotopic (exact) mass is 422 g/mol. The number of hydrogen-bond acceptors (Lipinski definition) is 5. The Kier molecular flexibility index (Phi) is 6.73. The smallest absolute Gasteiger partial charge is 0.225 e. The summed E-state index contributed by atoms with van der Waals surface area (Å²) in [4.78, 5) is 26.8. The van der Waals surface area contributed by atoms with E-state index >= 15 is 0 Å². The molecular formula is C25H34N4O2. The van der Waals surface area contributed by atoms with Gasteiger partial charge >= 0.3 is 0 Å². The highest BCUT2D eigenvalue weighted by atomic mass is 16.5. The molecule has 0 bridgehead atoms. The minimum absolute atomic E-state index is 0.212. The molecular weight excluding hydrogens is 388 g/mol. The van der Waals surface area contributed by atoms with Crippen molar-refractivity contribution >= 4 is 11.9 Å². The first-order valence-electron chi connectivity index (χ1n) is 11.5. The van der Waals surface area contributed by atoms with E-state index in [0.29, 0.717) is 11.9 Å². The van der Waals surface area contributed by atoms with Gasteiger partial charge < -0.3 is 14.5 Å². The maximum Gasteiger partial charge on any atom is 0.225 e. The minimum Gasteiger partial charge on any atom is -0.497 e. The number of carbonyl (C=O) groups is 1. The zero-order valence-electron chi connectivity index (χ0n) is 19.0. The molecule has 2 aromatic rings. The average molecular weight is 423 g/mol. The van der Waals surface area contributed by atoms with Crippen molar-refractivity contribution in [1.82, 2.24) is 14.9 Å². The molecule has 4 rings (SSSR count). The molecule has 1 unspecified atom stereocenters. The molecule has 2 heterocycles. The van der Waals surface area contributed by atoms with E-state index in [-0.39, 0.29) is 11.8 Å². The van der Waals surface area contributed by atoms with Gasteiger partial charge in [0.15, 0.2) is 0 Å². The Morgan fingerprint density at radius 1 is 1.13 bits per heavy atom. The van der Waals surface area contributed by atoms with Gasteiger partial charge in [-0.2, -0.15) is 0 Å². The van der Waals surface area contributed by atoms with E-state index < -0.39 is 0 Å². The number of carbonyl (C=O) groups excluding carboxylic acids is 1. The lowest BCUT2D eigenvalue weighted by atomic mass is 9.86. The lowest BCUT2D eigenvalue weighted by Crippen LogP contribution is -2.43. The molecule has 166 valence electrons. The molecule has 2 aliphatic rings. The van der Waals surface area contributed by atoms with Gasteiger partial charge in [-0.3, -0.25) is 4.79 Å². The predicted molar refractivity (Wildman–Crippen MR) is 123 cm³/mol. The molecule has 1 saturated carbocycles. The van der Waals surface area contributed by atoms with Crippen molar-refractivity contribution in [2.24, 2.45) is 5.92 Å². The summed E-state index contributed by atoms with van der Waals surface area (Å²) >= 11 is 0. The number of likely N-dealkylation sites (tertiary alicyclic amines) is 1. The molecule has 1 saturated heterocycles. The molecule has 6 nitrogen and oxygen atoms in total. The number of anilines is 1. The van der Waals surface area contributed by atoms with E-state index in [1.165, 1.54) is 19.3 Å². The highest BCUT2D eigenvalue weighted by Crippen LogP contribution is 2.36. The lowest BCUT2D eigenvalue weighted by molar-refractivity contribution is -0.137. The summed E-state index contributed by atoms with van der Waals surface area (Å²) in [5.41, 5.74) is 3.12. The second kappa shape index (κ2) is 9.67. The maximum atomic E-state index is 13.2. The molecule has 6 heteroatoms. The molecule has 1 aliphatic carbocycles. The van der Waals surface area contributed by atoms with Crippen LogP contribution in [0.3, 0.4) is 0 Å². The molecule has 1 atom stereocenters. The Labute approximate surface area is 185 Å². The second-order valence-corrected chi connectivity index (χ2v) is 9.05. The Morgan fingerprint density at radius 2 is 1.94 bits per heavy atom. The third kappa shape index (κ3) is 4.83. The van der Waals surface area contributed by atoms with Gasteiger partial charge in [-0.1, -0.05) is 31.4 Å². The number of piperidine rings is 1. The van der Waals surface area contributed by atoms with Gasteiger partial charge in [-0.05, 0) is 43.4 Å². The van der Waals surface area contributed by atoms with Crippen molar-refractivity contribution < 1.29 is 9.53 Å². The van der Waals surface area contributed by atoms with Gasteiger partial charge in [0.2, 0.25) is 11.9 Å². The van der Waals surface area contributed by atoms with Crippen molar-refractivity contribution in [3.63, 3.8) is 0 Å². The minimum atomic E-state index is 0.212. The van der Waals surface area contributed by atoms with Gasteiger partial charge in [0.05, 0.1) is 12.8 Å². The summed E-state index contributed by atoms with van der Waals surface area (Å²) in [7, 11) is 5.61. The number of aromatic nitrogens is 2. The summed E-state index contributed by atoms with van der Waals surface area (Å²) < 4.78 is 5.44. The zero-order valence-corrected chi connectivity index (χ0v) is 19.0. The van der Waals surface area contributed by atoms with Crippen LogP contribution < -0.4 is 9.64 Å². The standard InChI is InChI=1S/C25H34N4O2/c1-28(2)25-26-16-22(19-11-7-13-21(15-19)31-3)23(27-25)20-12-8-14-29(17-20)24(30)18-9-5-4-6-10-18/h7,11,13,15-16,18,20H,4-6,8-10,12,14,17H2,1-3H3. The van der Waals surface area contributed by atoms with Crippen molar-refractivity contribution in [3.8, 4) is 16.9 Å². The molecule has 31 heavy (non-hydrogen) atoms. The van der Waals surface area contributed by atoms with E-state index in [1.807, 2.05) is 43.4 Å². The van der Waals surface area contributed by atoms with Crippen LogP contribution in [0, 0.1) is 5.92 Å². The average Bonchev–Trinajstić information content (AvgIpc) is 2.83. The van der Waals surface area contributed by atoms with E-state index in [2.05, 4.69) is 16.0 Å². The van der Waals surface area contributed by atoms with Crippen LogP contribution in [0.2, 0.25) is 0 Å². The van der Waals surface area contributed by atoms with Crippen LogP contribution in [0.15, 0.2) is 30.5 Å². The van der Waals surface area contributed by atoms with Gasteiger partial charge in [0.25, 0.3) is 0 Å². The molecule has 1 aliphatic heterocycles. The molecule has 0 N–H and O–H groups in total. The number of amides is 1. The van der Waals surface area contributed by atoms with E-state index in [0.717, 1.165) is 61.3 Å². The SMILES string of the molecule is COc1cccc(-c2cnc(N(C)C)nc2C2CCCN(C(=O)C3CCCCC3)C2)c1. The van der Waals surface area contributed by atoms with Gasteiger partial charge in [0.1, 0.15) is 5.75 Å². The van der Waals surface area contributed by atoms with Crippen LogP contribution in [0.5, 0.6) is 5.75 Å². The zero-order chi connectivity index (χ0) is 21.8. The number of hydrogen-bond donors (Lipinski definition) is 0. The topological polar surface area (TPSA) is 58.6 Å². The van der Waals surface area contributed by atoms with Crippen molar-refractivity contribution in [3.05, 3.63) is 36.2 Å². The summed E-state index contributed by atoms with van der Waals surface area (Å²) in [5, 5.41) is 0. The van der Waals surface area contributed by atoms with Crippen molar-refractivity contribution in [1.29, 1.82) is 0 Å². The number of ether oxygens (including phenoxy) is 1. The molecule has 1 aromatic carbocycles. The molecule has 2 fully saturated rings. The molecule has 1 aromatic heterocycles. The first-order chi connectivity index (χ1) is 15.1. The quantitative estimate of drug-likeness (QED) is 0.710. The largest absolute Gasteiger partial charge is 0.497 e. The normalized spacial score (nSPS) is 19.8. The fraction of sp³-hybridized carbons (Fsp3) is 0.560. The third-order valence-electron chi connectivity index (χ3n) is 6.66. The number of nitrogens with zero attached hydrogens (tertiary/aromatic N) is 4. The number of methoxy groups -OCH3 is 1. The van der Waals surface area contributed by atoms with Gasteiger partial charge in [0, 0.05) is 50.8 Å². The maximum absolute atomic E-state index is 13.2. The first kappa shape index (κ1) is 21.6. The summed E-state index contributed by atoms with van der Waals surface area (Å²) in [5.74, 6) is 2.31. The molecule has 0 spiro atoms. The highest BCUT2D eigenvalue weighted by Gasteiger charge is 2.32. The Balaban J connectivity index is 1.64. The second-order valence-electron chi connectivity index (χ2n) is 9.05. The van der Waals surface area contributed by atoms with Crippen LogP contribution in [-0.2, 0) is 4.79 Å². The lowest BCUT2D eigenvalue weighted by Gasteiger charge is -2.36. The first-order valence-corrected chi connectivity index (χ1v) is 11.5. The summed E-state index contributed by atoms with van der Waals surface area (Å²) in [6.07, 6.45) is 9.72. The molecule has 1 amide bonds. The van der Waals surface area contributed by atoms with Crippen LogP contribution in [0.4, 0.5) is 5.95 Å². The van der Waals surface area contributed by atoms with Gasteiger partial charge in [-0.25, -0.2) is 9.97 Å². The summed E-state index contributed by atoms with van der Waals surface area (Å²) in [6.45, 7) is 1.61. The summed E-state index contributed by atoms with van der Waals surface area (Å²) in [6, 6.07) is 8.06. The Morgan fingerprint density at radius 3 is 2.68 bits per heavy atom. The fourth-order valence-corrected chi connectivity index (χ4v) is 4.93. The van der Waals surface area contributed by atoms with Gasteiger partial charge in [-0.15, -0.1) is 0 Å². The Bertz CT molecular complexity index is 908. The Hall–Kier alpha value is -2.63. The van der Waals surface area contributed by atoms with E-state index in [4.69, 9.17) is 9.72 Å². The van der Waals surface area contributed by atoms with Crippen molar-refractivity contribution in [2.75, 3.05) is 39.2 Å². The predicted octanol–water partition coefficient (Wildman–Crippen LogP) is 4.50. The number of rotatable bonds is 5. The number of benzene rings is 1. The molecule has 0 radical (unpaired) electrons. The van der Waals surface area contributed by atoms with Crippen LogP contribution in [0.1, 0.15) is 56.6 Å². The third-order valence-corrected chi connectivity index (χ3v) is 6.66. The van der Waals surface area contributed by atoms with Crippen molar-refractivity contribution in [2.45, 2.75) is 50.9 Å². The fourth-order valence-electron chi connectivity index (χ4n) is 4.93.